The summed E-state index contributed by atoms with van der Waals surface area (Å²) in [5.74, 6) is 0.729. The fraction of sp³-hybridized carbons (Fsp3) is 0.600. The molecule has 17 heavy (non-hydrogen) atoms. The molecule has 0 amide bonds. The molecule has 0 bridgehead atoms. The van der Waals surface area contributed by atoms with Gasteiger partial charge in [-0.05, 0) is 43.7 Å². The molecule has 1 heterocycles. The normalized spacial score (nSPS) is 30.5. The van der Waals surface area contributed by atoms with E-state index in [4.69, 9.17) is 10.5 Å². The van der Waals surface area contributed by atoms with Crippen LogP contribution in [0.2, 0.25) is 0 Å². The minimum Gasteiger partial charge on any atom is -0.379 e. The molecular weight excluding hydrogens is 210 g/mol. The predicted molar refractivity (Wildman–Crippen MR) is 69.1 cm³/mol. The van der Waals surface area contributed by atoms with Crippen molar-refractivity contribution >= 4 is 0 Å². The molecule has 2 aliphatic rings. The van der Waals surface area contributed by atoms with Gasteiger partial charge in [-0.25, -0.2) is 0 Å². The highest BCUT2D eigenvalue weighted by atomic mass is 16.5. The SMILES string of the molecule is Cc1ccc(C2(C3CC(N)C3)COC2)c(C)c1. The van der Waals surface area contributed by atoms with Gasteiger partial charge in [0.2, 0.25) is 0 Å². The fourth-order valence-electron chi connectivity index (χ4n) is 3.42. The Kier molecular flexibility index (Phi) is 2.53. The standard InChI is InChI=1S/C15H21NO/c1-10-3-4-14(11(2)5-10)15(8-17-9-15)12-6-13(16)7-12/h3-5,12-13H,6-9,16H2,1-2H3. The van der Waals surface area contributed by atoms with Crippen molar-refractivity contribution in [2.24, 2.45) is 11.7 Å². The van der Waals surface area contributed by atoms with Crippen molar-refractivity contribution in [3.63, 3.8) is 0 Å². The van der Waals surface area contributed by atoms with Crippen molar-refractivity contribution in [1.29, 1.82) is 0 Å². The quantitative estimate of drug-likeness (QED) is 0.847. The molecule has 1 aromatic carbocycles. The van der Waals surface area contributed by atoms with E-state index in [0.29, 0.717) is 6.04 Å². The number of hydrogen-bond acceptors (Lipinski definition) is 2. The molecule has 0 unspecified atom stereocenters. The second kappa shape index (κ2) is 3.82. The van der Waals surface area contributed by atoms with Crippen molar-refractivity contribution in [2.75, 3.05) is 13.2 Å². The summed E-state index contributed by atoms with van der Waals surface area (Å²) in [5.41, 5.74) is 10.5. The summed E-state index contributed by atoms with van der Waals surface area (Å²) < 4.78 is 5.53. The Bertz CT molecular complexity index is 431. The van der Waals surface area contributed by atoms with Crippen LogP contribution in [-0.2, 0) is 10.2 Å². The Morgan fingerprint density at radius 3 is 2.41 bits per heavy atom. The largest absolute Gasteiger partial charge is 0.379 e. The molecule has 2 nitrogen and oxygen atoms in total. The topological polar surface area (TPSA) is 35.2 Å². The summed E-state index contributed by atoms with van der Waals surface area (Å²) in [6.07, 6.45) is 2.33. The predicted octanol–water partition coefficient (Wildman–Crippen LogP) is 2.31. The van der Waals surface area contributed by atoms with E-state index in [-0.39, 0.29) is 5.41 Å². The highest BCUT2D eigenvalue weighted by Gasteiger charge is 2.51. The van der Waals surface area contributed by atoms with Crippen LogP contribution in [0.1, 0.15) is 29.5 Å². The molecule has 0 aromatic heterocycles. The summed E-state index contributed by atoms with van der Waals surface area (Å²) in [6.45, 7) is 6.14. The third-order valence-corrected chi connectivity index (χ3v) is 4.59. The maximum absolute atomic E-state index is 5.94. The van der Waals surface area contributed by atoms with E-state index in [1.165, 1.54) is 16.7 Å². The molecule has 92 valence electrons. The Morgan fingerprint density at radius 2 is 1.94 bits per heavy atom. The molecular formula is C15H21NO. The maximum atomic E-state index is 5.94. The van der Waals surface area contributed by atoms with Crippen LogP contribution in [0.3, 0.4) is 0 Å². The number of benzene rings is 1. The first-order chi connectivity index (χ1) is 8.12. The molecule has 2 heteroatoms. The van der Waals surface area contributed by atoms with Gasteiger partial charge >= 0.3 is 0 Å². The number of hydrogen-bond donors (Lipinski definition) is 1. The van der Waals surface area contributed by atoms with Crippen molar-refractivity contribution in [2.45, 2.75) is 38.1 Å². The third-order valence-electron chi connectivity index (χ3n) is 4.59. The summed E-state index contributed by atoms with van der Waals surface area (Å²) in [5, 5.41) is 0. The highest BCUT2D eigenvalue weighted by Crippen LogP contribution is 2.49. The highest BCUT2D eigenvalue weighted by molar-refractivity contribution is 5.39. The number of aryl methyl sites for hydroxylation is 2. The Morgan fingerprint density at radius 1 is 1.24 bits per heavy atom. The van der Waals surface area contributed by atoms with E-state index in [0.717, 1.165) is 32.0 Å². The third kappa shape index (κ3) is 1.62. The summed E-state index contributed by atoms with van der Waals surface area (Å²) in [7, 11) is 0. The van der Waals surface area contributed by atoms with Crippen LogP contribution in [0, 0.1) is 19.8 Å². The molecule has 1 saturated heterocycles. The monoisotopic (exact) mass is 231 g/mol. The lowest BCUT2D eigenvalue weighted by atomic mass is 9.58. The minimum absolute atomic E-state index is 0.271. The first kappa shape index (κ1) is 11.2. The van der Waals surface area contributed by atoms with E-state index in [1.54, 1.807) is 0 Å². The Hall–Kier alpha value is -0.860. The Labute approximate surface area is 103 Å². The molecule has 1 saturated carbocycles. The average molecular weight is 231 g/mol. The van der Waals surface area contributed by atoms with Crippen molar-refractivity contribution in [3.8, 4) is 0 Å². The van der Waals surface area contributed by atoms with Gasteiger partial charge in [-0.15, -0.1) is 0 Å². The van der Waals surface area contributed by atoms with Crippen LogP contribution in [0.25, 0.3) is 0 Å². The van der Waals surface area contributed by atoms with Gasteiger partial charge in [0, 0.05) is 11.5 Å². The molecule has 1 aromatic rings. The fourth-order valence-corrected chi connectivity index (χ4v) is 3.42. The summed E-state index contributed by atoms with van der Waals surface area (Å²) in [6, 6.07) is 7.23. The van der Waals surface area contributed by atoms with Gasteiger partial charge in [0.25, 0.3) is 0 Å². The van der Waals surface area contributed by atoms with E-state index in [2.05, 4.69) is 32.0 Å². The van der Waals surface area contributed by atoms with E-state index < -0.39 is 0 Å². The maximum Gasteiger partial charge on any atom is 0.0588 e. The van der Waals surface area contributed by atoms with Crippen molar-refractivity contribution < 1.29 is 4.74 Å². The number of nitrogens with two attached hydrogens (primary N) is 1. The lowest BCUT2D eigenvalue weighted by molar-refractivity contribution is -0.111. The smallest absolute Gasteiger partial charge is 0.0588 e. The first-order valence-electron chi connectivity index (χ1n) is 6.53. The lowest BCUT2D eigenvalue weighted by Crippen LogP contribution is -2.58. The van der Waals surface area contributed by atoms with Crippen LogP contribution in [0.15, 0.2) is 18.2 Å². The number of rotatable bonds is 2. The molecule has 1 aliphatic carbocycles. The van der Waals surface area contributed by atoms with E-state index >= 15 is 0 Å². The van der Waals surface area contributed by atoms with Gasteiger partial charge in [-0.1, -0.05) is 23.8 Å². The van der Waals surface area contributed by atoms with Gasteiger partial charge in [-0.2, -0.15) is 0 Å². The lowest BCUT2D eigenvalue weighted by Gasteiger charge is -2.53. The Balaban J connectivity index is 1.94. The zero-order valence-corrected chi connectivity index (χ0v) is 10.7. The van der Waals surface area contributed by atoms with Crippen LogP contribution in [0.5, 0.6) is 0 Å². The summed E-state index contributed by atoms with van der Waals surface area (Å²) >= 11 is 0. The molecule has 1 aliphatic heterocycles. The van der Waals surface area contributed by atoms with Crippen LogP contribution >= 0.6 is 0 Å². The molecule has 0 spiro atoms. The minimum atomic E-state index is 0.271. The van der Waals surface area contributed by atoms with Gasteiger partial charge in [-0.3, -0.25) is 0 Å². The van der Waals surface area contributed by atoms with Crippen LogP contribution < -0.4 is 5.73 Å². The van der Waals surface area contributed by atoms with Crippen LogP contribution in [0.4, 0.5) is 0 Å². The molecule has 2 N–H and O–H groups in total. The van der Waals surface area contributed by atoms with Gasteiger partial charge in [0.15, 0.2) is 0 Å². The van der Waals surface area contributed by atoms with Gasteiger partial charge < -0.3 is 10.5 Å². The molecule has 0 atom stereocenters. The second-order valence-electron chi connectivity index (χ2n) is 5.90. The summed E-state index contributed by atoms with van der Waals surface area (Å²) in [4.78, 5) is 0. The van der Waals surface area contributed by atoms with Gasteiger partial charge in [0.05, 0.1) is 13.2 Å². The van der Waals surface area contributed by atoms with E-state index in [1.807, 2.05) is 0 Å². The zero-order valence-electron chi connectivity index (χ0n) is 10.7. The molecule has 3 rings (SSSR count). The number of ether oxygens (including phenoxy) is 1. The average Bonchev–Trinajstić information content (AvgIpc) is 2.16. The van der Waals surface area contributed by atoms with Crippen molar-refractivity contribution in [1.82, 2.24) is 0 Å². The first-order valence-corrected chi connectivity index (χ1v) is 6.53. The second-order valence-corrected chi connectivity index (χ2v) is 5.90. The van der Waals surface area contributed by atoms with Gasteiger partial charge in [0.1, 0.15) is 0 Å². The molecule has 0 radical (unpaired) electrons. The van der Waals surface area contributed by atoms with Crippen LogP contribution in [-0.4, -0.2) is 19.3 Å². The molecule has 2 fully saturated rings. The zero-order chi connectivity index (χ0) is 12.0. The van der Waals surface area contributed by atoms with E-state index in [9.17, 15) is 0 Å². The van der Waals surface area contributed by atoms with Crippen molar-refractivity contribution in [3.05, 3.63) is 34.9 Å².